The Kier molecular flexibility index (Phi) is 5.42. The van der Waals surface area contributed by atoms with Crippen LogP contribution in [0.4, 0.5) is 13.2 Å². The van der Waals surface area contributed by atoms with Gasteiger partial charge in [0, 0.05) is 43.5 Å². The molecule has 0 atom stereocenters. The summed E-state index contributed by atoms with van der Waals surface area (Å²) in [6.07, 6.45) is -2.93. The van der Waals surface area contributed by atoms with Gasteiger partial charge in [0.05, 0.1) is 10.6 Å². The SMILES string of the molecule is O=C(CCc1ccc(Cl)c(C(F)(F)F)c1)N1CC(N2CCc3sccc3C2)C1. The number of likely N-dealkylation sites (tertiary alicyclic amines) is 1. The lowest BCUT2D eigenvalue weighted by Crippen LogP contribution is -2.61. The summed E-state index contributed by atoms with van der Waals surface area (Å²) in [5, 5.41) is 1.81. The van der Waals surface area contributed by atoms with Gasteiger partial charge in [-0.2, -0.15) is 13.2 Å². The molecular weight excluding hydrogens is 409 g/mol. The quantitative estimate of drug-likeness (QED) is 0.709. The lowest BCUT2D eigenvalue weighted by molar-refractivity contribution is -0.139. The molecule has 1 amide bonds. The van der Waals surface area contributed by atoms with Gasteiger partial charge in [0.1, 0.15) is 0 Å². The van der Waals surface area contributed by atoms with E-state index in [0.717, 1.165) is 25.6 Å². The fourth-order valence-electron chi connectivity index (χ4n) is 3.83. The van der Waals surface area contributed by atoms with Crippen molar-refractivity contribution < 1.29 is 18.0 Å². The predicted molar refractivity (Wildman–Crippen MR) is 104 cm³/mol. The predicted octanol–water partition coefficient (Wildman–Crippen LogP) is 4.62. The maximum atomic E-state index is 12.9. The Bertz CT molecular complexity index is 877. The number of fused-ring (bicyclic) bond motifs is 1. The summed E-state index contributed by atoms with van der Waals surface area (Å²) in [6, 6.07) is 6.40. The highest BCUT2D eigenvalue weighted by Gasteiger charge is 2.36. The Morgan fingerprint density at radius 2 is 2.04 bits per heavy atom. The van der Waals surface area contributed by atoms with Gasteiger partial charge in [0.15, 0.2) is 0 Å². The van der Waals surface area contributed by atoms with E-state index >= 15 is 0 Å². The molecule has 1 fully saturated rings. The molecule has 1 aromatic carbocycles. The van der Waals surface area contributed by atoms with E-state index in [9.17, 15) is 18.0 Å². The fourth-order valence-corrected chi connectivity index (χ4v) is 4.94. The Morgan fingerprint density at radius 1 is 1.25 bits per heavy atom. The molecule has 0 bridgehead atoms. The molecule has 2 aliphatic rings. The van der Waals surface area contributed by atoms with E-state index in [0.29, 0.717) is 24.7 Å². The molecule has 1 aromatic heterocycles. The average Bonchev–Trinajstić information content (AvgIpc) is 3.06. The van der Waals surface area contributed by atoms with Gasteiger partial charge < -0.3 is 4.90 Å². The van der Waals surface area contributed by atoms with Crippen molar-refractivity contribution in [1.82, 2.24) is 9.80 Å². The first-order valence-corrected chi connectivity index (χ1v) is 10.5. The highest BCUT2D eigenvalue weighted by molar-refractivity contribution is 7.10. The molecule has 0 spiro atoms. The van der Waals surface area contributed by atoms with Crippen LogP contribution in [-0.2, 0) is 30.4 Å². The summed E-state index contributed by atoms with van der Waals surface area (Å²) >= 11 is 7.45. The minimum atomic E-state index is -4.49. The molecule has 3 nitrogen and oxygen atoms in total. The van der Waals surface area contributed by atoms with Gasteiger partial charge in [-0.3, -0.25) is 9.69 Å². The Balaban J connectivity index is 1.27. The third-order valence-electron chi connectivity index (χ3n) is 5.53. The molecule has 3 heterocycles. The number of halogens is 4. The van der Waals surface area contributed by atoms with E-state index in [2.05, 4.69) is 16.3 Å². The normalized spacial score (nSPS) is 18.1. The second kappa shape index (κ2) is 7.69. The van der Waals surface area contributed by atoms with Crippen LogP contribution >= 0.6 is 22.9 Å². The number of rotatable bonds is 4. The van der Waals surface area contributed by atoms with Gasteiger partial charge in [0.25, 0.3) is 0 Å². The van der Waals surface area contributed by atoms with Gasteiger partial charge in [-0.1, -0.05) is 17.7 Å². The number of carbonyl (C=O) groups is 1. The molecule has 0 unspecified atom stereocenters. The summed E-state index contributed by atoms with van der Waals surface area (Å²) in [7, 11) is 0. The summed E-state index contributed by atoms with van der Waals surface area (Å²) in [5.74, 6) is -0.00649. The largest absolute Gasteiger partial charge is 0.417 e. The van der Waals surface area contributed by atoms with Crippen LogP contribution in [0.5, 0.6) is 0 Å². The lowest BCUT2D eigenvalue weighted by Gasteiger charge is -2.46. The highest BCUT2D eigenvalue weighted by atomic mass is 35.5. The smallest absolute Gasteiger partial charge is 0.339 e. The molecule has 8 heteroatoms. The summed E-state index contributed by atoms with van der Waals surface area (Å²) < 4.78 is 38.8. The molecule has 4 rings (SSSR count). The van der Waals surface area contributed by atoms with Crippen molar-refractivity contribution in [1.29, 1.82) is 0 Å². The molecule has 0 saturated carbocycles. The van der Waals surface area contributed by atoms with Gasteiger partial charge in [0.2, 0.25) is 5.91 Å². The molecule has 0 N–H and O–H groups in total. The Hall–Kier alpha value is -1.57. The Morgan fingerprint density at radius 3 is 2.79 bits per heavy atom. The van der Waals surface area contributed by atoms with Gasteiger partial charge >= 0.3 is 6.18 Å². The van der Waals surface area contributed by atoms with Crippen molar-refractivity contribution in [3.63, 3.8) is 0 Å². The molecule has 2 aliphatic heterocycles. The second-order valence-electron chi connectivity index (χ2n) is 7.35. The number of amides is 1. The maximum Gasteiger partial charge on any atom is 0.417 e. The number of thiophene rings is 1. The van der Waals surface area contributed by atoms with E-state index < -0.39 is 11.7 Å². The molecule has 1 saturated heterocycles. The number of benzene rings is 1. The van der Waals surface area contributed by atoms with Crippen LogP contribution < -0.4 is 0 Å². The standard InChI is InChI=1S/C20H20ClF3N2OS/c21-17-3-1-13(9-16(17)20(22,23)24)2-4-19(27)26-11-15(12-26)25-7-5-18-14(10-25)6-8-28-18/h1,3,6,8-9,15H,2,4-5,7,10-12H2. The minimum absolute atomic E-state index is 0.00649. The summed E-state index contributed by atoms with van der Waals surface area (Å²) in [5.41, 5.74) is 1.02. The first-order chi connectivity index (χ1) is 13.3. The maximum absolute atomic E-state index is 12.9. The van der Waals surface area contributed by atoms with Crippen LogP contribution in [0.15, 0.2) is 29.6 Å². The van der Waals surface area contributed by atoms with Crippen LogP contribution in [-0.4, -0.2) is 41.4 Å². The number of nitrogens with zero attached hydrogens (tertiary/aromatic N) is 2. The molecule has 2 aromatic rings. The zero-order chi connectivity index (χ0) is 19.9. The first kappa shape index (κ1) is 19.7. The van der Waals surface area contributed by atoms with Crippen molar-refractivity contribution in [2.24, 2.45) is 0 Å². The minimum Gasteiger partial charge on any atom is -0.339 e. The third-order valence-corrected chi connectivity index (χ3v) is 6.88. The number of aryl methyl sites for hydroxylation is 1. The summed E-state index contributed by atoms with van der Waals surface area (Å²) in [6.45, 7) is 3.36. The second-order valence-corrected chi connectivity index (χ2v) is 8.76. The van der Waals surface area contributed by atoms with E-state index in [-0.39, 0.29) is 23.8 Å². The van der Waals surface area contributed by atoms with Crippen LogP contribution in [0.25, 0.3) is 0 Å². The number of hydrogen-bond acceptors (Lipinski definition) is 3. The van der Waals surface area contributed by atoms with E-state index in [4.69, 9.17) is 11.6 Å². The van der Waals surface area contributed by atoms with Crippen LogP contribution in [0, 0.1) is 0 Å². The van der Waals surface area contributed by atoms with Crippen LogP contribution in [0.3, 0.4) is 0 Å². The van der Waals surface area contributed by atoms with E-state index in [1.165, 1.54) is 16.5 Å². The van der Waals surface area contributed by atoms with Crippen LogP contribution in [0.1, 0.15) is 28.0 Å². The monoisotopic (exact) mass is 428 g/mol. The number of alkyl halides is 3. The lowest BCUT2D eigenvalue weighted by atomic mass is 10.0. The van der Waals surface area contributed by atoms with Crippen LogP contribution in [0.2, 0.25) is 5.02 Å². The van der Waals surface area contributed by atoms with Crippen molar-refractivity contribution in [3.8, 4) is 0 Å². The fraction of sp³-hybridized carbons (Fsp3) is 0.450. The molecule has 150 valence electrons. The zero-order valence-electron chi connectivity index (χ0n) is 15.1. The van der Waals surface area contributed by atoms with E-state index in [1.807, 2.05) is 11.3 Å². The average molecular weight is 429 g/mol. The first-order valence-electron chi connectivity index (χ1n) is 9.24. The van der Waals surface area contributed by atoms with Crippen molar-refractivity contribution in [2.75, 3.05) is 19.6 Å². The molecule has 28 heavy (non-hydrogen) atoms. The van der Waals surface area contributed by atoms with Crippen molar-refractivity contribution in [3.05, 3.63) is 56.2 Å². The van der Waals surface area contributed by atoms with E-state index in [1.54, 1.807) is 11.0 Å². The van der Waals surface area contributed by atoms with Gasteiger partial charge in [-0.25, -0.2) is 0 Å². The molecule has 0 aliphatic carbocycles. The number of hydrogen-bond donors (Lipinski definition) is 0. The molecule has 0 radical (unpaired) electrons. The van der Waals surface area contributed by atoms with Crippen molar-refractivity contribution in [2.45, 2.75) is 38.0 Å². The van der Waals surface area contributed by atoms with Crippen molar-refractivity contribution >= 4 is 28.8 Å². The van der Waals surface area contributed by atoms with Gasteiger partial charge in [-0.15, -0.1) is 11.3 Å². The zero-order valence-corrected chi connectivity index (χ0v) is 16.7. The molecular formula is C20H20ClF3N2OS. The third kappa shape index (κ3) is 4.07. The number of carbonyl (C=O) groups excluding carboxylic acids is 1. The summed E-state index contributed by atoms with van der Waals surface area (Å²) in [4.78, 5) is 18.1. The topological polar surface area (TPSA) is 23.6 Å². The highest BCUT2D eigenvalue weighted by Crippen LogP contribution is 2.35. The Labute approximate surface area is 170 Å². The van der Waals surface area contributed by atoms with Gasteiger partial charge in [-0.05, 0) is 47.5 Å².